The summed E-state index contributed by atoms with van der Waals surface area (Å²) in [5.41, 5.74) is 10.4. The Balaban J connectivity index is 2.45. The third-order valence-corrected chi connectivity index (χ3v) is 3.76. The van der Waals surface area contributed by atoms with Crippen molar-refractivity contribution in [2.24, 2.45) is 5.73 Å². The van der Waals surface area contributed by atoms with Crippen LogP contribution < -0.4 is 5.73 Å². The smallest absolute Gasteiger partial charge is 0.0667 e. The van der Waals surface area contributed by atoms with E-state index in [9.17, 15) is 0 Å². The molecule has 0 saturated carbocycles. The monoisotopic (exact) mass is 233 g/mol. The number of rotatable bonds is 2. The molecule has 3 nitrogen and oxygen atoms in total. The lowest BCUT2D eigenvalue weighted by Gasteiger charge is -2.13. The Kier molecular flexibility index (Phi) is 3.03. The fraction of sp³-hybridized carbons (Fsp3) is 0.333. The maximum atomic E-state index is 6.27. The molecule has 2 aromatic heterocycles. The molecule has 0 aliphatic rings. The number of nitrogens with two attached hydrogens (primary N) is 1. The standard InChI is InChI=1S/C12H15N3S/c1-7-4-5-16-12(7)11(13)10-6-8(2)14-15-9(10)3/h4-6,11H,13H2,1-3H3. The Morgan fingerprint density at radius 1 is 1.25 bits per heavy atom. The molecule has 0 aromatic carbocycles. The summed E-state index contributed by atoms with van der Waals surface area (Å²) in [6.45, 7) is 5.97. The van der Waals surface area contributed by atoms with Gasteiger partial charge in [-0.3, -0.25) is 0 Å². The van der Waals surface area contributed by atoms with Crippen LogP contribution in [0.5, 0.6) is 0 Å². The first-order valence-electron chi connectivity index (χ1n) is 5.20. The van der Waals surface area contributed by atoms with E-state index in [0.29, 0.717) is 0 Å². The SMILES string of the molecule is Cc1cc(C(N)c2sccc2C)c(C)nn1. The largest absolute Gasteiger partial charge is 0.320 e. The van der Waals surface area contributed by atoms with Gasteiger partial charge in [-0.05, 0) is 49.4 Å². The summed E-state index contributed by atoms with van der Waals surface area (Å²) < 4.78 is 0. The highest BCUT2D eigenvalue weighted by Crippen LogP contribution is 2.28. The fourth-order valence-electron chi connectivity index (χ4n) is 1.73. The third-order valence-electron chi connectivity index (χ3n) is 2.66. The molecule has 84 valence electrons. The zero-order valence-electron chi connectivity index (χ0n) is 9.69. The highest BCUT2D eigenvalue weighted by Gasteiger charge is 2.16. The third kappa shape index (κ3) is 1.99. The summed E-state index contributed by atoms with van der Waals surface area (Å²) in [6, 6.07) is 4.03. The number of thiophene rings is 1. The van der Waals surface area contributed by atoms with Crippen molar-refractivity contribution in [3.63, 3.8) is 0 Å². The van der Waals surface area contributed by atoms with Crippen LogP contribution in [0.15, 0.2) is 17.5 Å². The average Bonchev–Trinajstić information content (AvgIpc) is 2.67. The minimum atomic E-state index is -0.0887. The molecular formula is C12H15N3S. The molecule has 1 atom stereocenters. The number of aromatic nitrogens is 2. The minimum absolute atomic E-state index is 0.0887. The number of nitrogens with zero attached hydrogens (tertiary/aromatic N) is 2. The van der Waals surface area contributed by atoms with Crippen LogP contribution in [0.1, 0.15) is 33.4 Å². The molecule has 2 heterocycles. The molecule has 0 amide bonds. The van der Waals surface area contributed by atoms with Crippen molar-refractivity contribution in [2.75, 3.05) is 0 Å². The molecule has 1 unspecified atom stereocenters. The van der Waals surface area contributed by atoms with Gasteiger partial charge in [0, 0.05) is 4.88 Å². The van der Waals surface area contributed by atoms with Gasteiger partial charge >= 0.3 is 0 Å². The quantitative estimate of drug-likeness (QED) is 0.867. The maximum Gasteiger partial charge on any atom is 0.0667 e. The van der Waals surface area contributed by atoms with Crippen LogP contribution in [0.4, 0.5) is 0 Å². The van der Waals surface area contributed by atoms with Crippen LogP contribution in [-0.4, -0.2) is 10.2 Å². The van der Waals surface area contributed by atoms with Crippen molar-refractivity contribution < 1.29 is 0 Å². The van der Waals surface area contributed by atoms with Gasteiger partial charge in [0.2, 0.25) is 0 Å². The van der Waals surface area contributed by atoms with Gasteiger partial charge in [-0.2, -0.15) is 10.2 Å². The summed E-state index contributed by atoms with van der Waals surface area (Å²) in [5, 5.41) is 10.2. The number of hydrogen-bond acceptors (Lipinski definition) is 4. The van der Waals surface area contributed by atoms with E-state index in [1.807, 2.05) is 19.9 Å². The van der Waals surface area contributed by atoms with Crippen LogP contribution in [0, 0.1) is 20.8 Å². The van der Waals surface area contributed by atoms with E-state index in [2.05, 4.69) is 28.6 Å². The van der Waals surface area contributed by atoms with Crippen molar-refractivity contribution >= 4 is 11.3 Å². The Bertz CT molecular complexity index is 505. The van der Waals surface area contributed by atoms with Crippen molar-refractivity contribution in [1.82, 2.24) is 10.2 Å². The predicted octanol–water partition coefficient (Wildman–Crippen LogP) is 2.51. The maximum absolute atomic E-state index is 6.27. The summed E-state index contributed by atoms with van der Waals surface area (Å²) in [6.07, 6.45) is 0. The molecule has 2 N–H and O–H groups in total. The highest BCUT2D eigenvalue weighted by molar-refractivity contribution is 7.10. The van der Waals surface area contributed by atoms with Gasteiger partial charge in [-0.1, -0.05) is 0 Å². The summed E-state index contributed by atoms with van der Waals surface area (Å²) in [4.78, 5) is 1.20. The highest BCUT2D eigenvalue weighted by atomic mass is 32.1. The van der Waals surface area contributed by atoms with Crippen molar-refractivity contribution in [1.29, 1.82) is 0 Å². The van der Waals surface area contributed by atoms with Crippen LogP contribution in [0.25, 0.3) is 0 Å². The van der Waals surface area contributed by atoms with E-state index in [4.69, 9.17) is 5.73 Å². The molecule has 0 bridgehead atoms. The predicted molar refractivity (Wildman–Crippen MR) is 66.6 cm³/mol. The first-order valence-corrected chi connectivity index (χ1v) is 6.08. The molecule has 0 fully saturated rings. The Morgan fingerprint density at radius 3 is 2.62 bits per heavy atom. The average molecular weight is 233 g/mol. The molecule has 4 heteroatoms. The van der Waals surface area contributed by atoms with Crippen molar-refractivity contribution in [3.05, 3.63) is 44.9 Å². The van der Waals surface area contributed by atoms with Crippen LogP contribution in [0.2, 0.25) is 0 Å². The minimum Gasteiger partial charge on any atom is -0.320 e. The van der Waals surface area contributed by atoms with Crippen molar-refractivity contribution in [2.45, 2.75) is 26.8 Å². The zero-order chi connectivity index (χ0) is 11.7. The van der Waals surface area contributed by atoms with E-state index in [-0.39, 0.29) is 6.04 Å². The first kappa shape index (κ1) is 11.2. The van der Waals surface area contributed by atoms with Crippen LogP contribution in [0.3, 0.4) is 0 Å². The molecular weight excluding hydrogens is 218 g/mol. The van der Waals surface area contributed by atoms with E-state index in [0.717, 1.165) is 17.0 Å². The van der Waals surface area contributed by atoms with Crippen LogP contribution >= 0.6 is 11.3 Å². The lowest BCUT2D eigenvalue weighted by molar-refractivity contribution is 0.821. The van der Waals surface area contributed by atoms with Gasteiger partial charge in [0.05, 0.1) is 17.4 Å². The van der Waals surface area contributed by atoms with Crippen LogP contribution in [-0.2, 0) is 0 Å². The number of aryl methyl sites for hydroxylation is 3. The Morgan fingerprint density at radius 2 is 2.00 bits per heavy atom. The lowest BCUT2D eigenvalue weighted by atomic mass is 10.0. The first-order chi connectivity index (χ1) is 7.59. The van der Waals surface area contributed by atoms with Gasteiger partial charge in [0.15, 0.2) is 0 Å². The van der Waals surface area contributed by atoms with Crippen molar-refractivity contribution in [3.8, 4) is 0 Å². The molecule has 0 radical (unpaired) electrons. The fourth-order valence-corrected chi connectivity index (χ4v) is 2.68. The topological polar surface area (TPSA) is 51.8 Å². The van der Waals surface area contributed by atoms with Gasteiger partial charge < -0.3 is 5.73 Å². The second-order valence-corrected chi connectivity index (χ2v) is 4.92. The van der Waals surface area contributed by atoms with Gasteiger partial charge in [-0.25, -0.2) is 0 Å². The van der Waals surface area contributed by atoms with Gasteiger partial charge in [0.1, 0.15) is 0 Å². The van der Waals surface area contributed by atoms with E-state index in [1.54, 1.807) is 11.3 Å². The molecule has 0 saturated heterocycles. The summed E-state index contributed by atoms with van der Waals surface area (Å²) >= 11 is 1.69. The molecule has 0 spiro atoms. The second-order valence-electron chi connectivity index (χ2n) is 3.97. The summed E-state index contributed by atoms with van der Waals surface area (Å²) in [7, 11) is 0. The molecule has 0 aliphatic carbocycles. The van der Waals surface area contributed by atoms with Gasteiger partial charge in [-0.15, -0.1) is 11.3 Å². The zero-order valence-corrected chi connectivity index (χ0v) is 10.5. The Labute approximate surface area is 99.3 Å². The normalized spacial score (nSPS) is 12.8. The lowest BCUT2D eigenvalue weighted by Crippen LogP contribution is -2.14. The molecule has 2 aromatic rings. The second kappa shape index (κ2) is 4.31. The Hall–Kier alpha value is -1.26. The van der Waals surface area contributed by atoms with E-state index in [1.165, 1.54) is 10.4 Å². The summed E-state index contributed by atoms with van der Waals surface area (Å²) in [5.74, 6) is 0. The molecule has 2 rings (SSSR count). The van der Waals surface area contributed by atoms with E-state index >= 15 is 0 Å². The number of hydrogen-bond donors (Lipinski definition) is 1. The van der Waals surface area contributed by atoms with E-state index < -0.39 is 0 Å². The molecule has 0 aliphatic heterocycles. The van der Waals surface area contributed by atoms with Gasteiger partial charge in [0.25, 0.3) is 0 Å². The molecule has 16 heavy (non-hydrogen) atoms.